The summed E-state index contributed by atoms with van der Waals surface area (Å²) < 4.78 is 29.3. The Labute approximate surface area is 136 Å². The van der Waals surface area contributed by atoms with E-state index >= 15 is 0 Å². The summed E-state index contributed by atoms with van der Waals surface area (Å²) in [6.45, 7) is 8.32. The zero-order valence-electron chi connectivity index (χ0n) is 14.1. The number of rotatable bonds is 4. The van der Waals surface area contributed by atoms with Crippen LogP contribution in [0.2, 0.25) is 0 Å². The van der Waals surface area contributed by atoms with Crippen molar-refractivity contribution in [2.45, 2.75) is 52.6 Å². The van der Waals surface area contributed by atoms with Gasteiger partial charge in [-0.3, -0.25) is 9.58 Å². The molecule has 5 heteroatoms. The van der Waals surface area contributed by atoms with Crippen LogP contribution >= 0.6 is 0 Å². The van der Waals surface area contributed by atoms with Crippen LogP contribution < -0.4 is 0 Å². The minimum Gasteiger partial charge on any atom is -0.291 e. The highest BCUT2D eigenvalue weighted by atomic mass is 19.3. The van der Waals surface area contributed by atoms with Crippen molar-refractivity contribution in [1.82, 2.24) is 14.7 Å². The van der Waals surface area contributed by atoms with Crippen molar-refractivity contribution in [2.75, 3.05) is 13.1 Å². The minimum absolute atomic E-state index is 0.00510. The van der Waals surface area contributed by atoms with Gasteiger partial charge in [0.05, 0.1) is 17.8 Å². The van der Waals surface area contributed by atoms with E-state index in [1.807, 2.05) is 15.6 Å². The van der Waals surface area contributed by atoms with Gasteiger partial charge in [0, 0.05) is 24.9 Å². The highest BCUT2D eigenvalue weighted by Crippen LogP contribution is 2.29. The van der Waals surface area contributed by atoms with Gasteiger partial charge in [0.1, 0.15) is 0 Å². The summed E-state index contributed by atoms with van der Waals surface area (Å²) in [6.07, 6.45) is 0.557. The topological polar surface area (TPSA) is 21.1 Å². The number of fused-ring (bicyclic) bond motifs is 1. The lowest BCUT2D eigenvalue weighted by atomic mass is 10.1. The first-order chi connectivity index (χ1) is 10.9. The summed E-state index contributed by atoms with van der Waals surface area (Å²) in [5.41, 5.74) is 3.24. The Morgan fingerprint density at radius 1 is 1.30 bits per heavy atom. The van der Waals surface area contributed by atoms with Crippen molar-refractivity contribution >= 4 is 10.9 Å². The summed E-state index contributed by atoms with van der Waals surface area (Å²) in [6, 6.07) is 6.16. The van der Waals surface area contributed by atoms with Crippen molar-refractivity contribution in [3.8, 4) is 0 Å². The Kier molecular flexibility index (Phi) is 4.41. The normalized spacial score (nSPS) is 18.9. The Hall–Kier alpha value is -1.49. The molecule has 0 bridgehead atoms. The molecule has 0 amide bonds. The number of hydrogen-bond donors (Lipinski definition) is 0. The zero-order valence-corrected chi connectivity index (χ0v) is 14.1. The molecule has 23 heavy (non-hydrogen) atoms. The lowest BCUT2D eigenvalue weighted by Gasteiger charge is -2.31. The molecule has 3 nitrogen and oxygen atoms in total. The van der Waals surface area contributed by atoms with Crippen LogP contribution in [0.1, 0.15) is 37.9 Å². The highest BCUT2D eigenvalue weighted by molar-refractivity contribution is 5.84. The third kappa shape index (κ3) is 3.55. The number of piperidine rings is 1. The van der Waals surface area contributed by atoms with E-state index in [1.165, 1.54) is 5.56 Å². The van der Waals surface area contributed by atoms with Gasteiger partial charge in [0.15, 0.2) is 0 Å². The fourth-order valence-corrected chi connectivity index (χ4v) is 3.47. The number of alkyl halides is 2. The Bertz CT molecular complexity index is 691. The molecule has 0 spiro atoms. The predicted molar refractivity (Wildman–Crippen MR) is 88.8 cm³/mol. The van der Waals surface area contributed by atoms with Crippen LogP contribution in [0.15, 0.2) is 18.2 Å². The van der Waals surface area contributed by atoms with E-state index in [0.717, 1.165) is 29.7 Å². The second-order valence-corrected chi connectivity index (χ2v) is 7.16. The van der Waals surface area contributed by atoms with Gasteiger partial charge in [-0.1, -0.05) is 32.0 Å². The molecule has 0 N–H and O–H groups in total. The van der Waals surface area contributed by atoms with Gasteiger partial charge in [0.2, 0.25) is 0 Å². The first-order valence-corrected chi connectivity index (χ1v) is 8.41. The van der Waals surface area contributed by atoms with Crippen LogP contribution in [0, 0.1) is 12.8 Å². The van der Waals surface area contributed by atoms with E-state index < -0.39 is 5.92 Å². The number of likely N-dealkylation sites (tertiary alicyclic amines) is 1. The van der Waals surface area contributed by atoms with E-state index in [2.05, 4.69) is 32.9 Å². The molecule has 1 aliphatic rings. The first-order valence-electron chi connectivity index (χ1n) is 8.41. The Morgan fingerprint density at radius 3 is 2.78 bits per heavy atom. The fraction of sp³-hybridized carbons (Fsp3) is 0.611. The average molecular weight is 321 g/mol. The summed E-state index contributed by atoms with van der Waals surface area (Å²) in [7, 11) is 0. The summed E-state index contributed by atoms with van der Waals surface area (Å²) in [4.78, 5) is 1.84. The van der Waals surface area contributed by atoms with E-state index in [9.17, 15) is 8.78 Å². The SMILES string of the molecule is Cc1cccc2c(CN3CCCC(F)(F)C3)nn(CC(C)C)c12. The number of nitrogens with zero attached hydrogens (tertiary/aromatic N) is 3. The lowest BCUT2D eigenvalue weighted by Crippen LogP contribution is -2.42. The molecule has 2 aromatic rings. The molecule has 1 saturated heterocycles. The number of benzene rings is 1. The summed E-state index contributed by atoms with van der Waals surface area (Å²) in [5.74, 6) is -2.07. The molecule has 1 aliphatic heterocycles. The first kappa shape index (κ1) is 16.4. The molecule has 3 rings (SSSR count). The van der Waals surface area contributed by atoms with E-state index in [1.54, 1.807) is 0 Å². The monoisotopic (exact) mass is 321 g/mol. The number of aromatic nitrogens is 2. The Morgan fingerprint density at radius 2 is 2.09 bits per heavy atom. The van der Waals surface area contributed by atoms with Crippen LogP contribution in [-0.2, 0) is 13.1 Å². The number of para-hydroxylation sites is 1. The molecule has 0 saturated carbocycles. The van der Waals surface area contributed by atoms with Crippen LogP contribution in [0.4, 0.5) is 8.78 Å². The minimum atomic E-state index is -2.57. The second kappa shape index (κ2) is 6.19. The summed E-state index contributed by atoms with van der Waals surface area (Å²) in [5, 5.41) is 5.86. The molecule has 1 aromatic heterocycles. The van der Waals surface area contributed by atoms with E-state index in [4.69, 9.17) is 5.10 Å². The molecule has 2 heterocycles. The molecule has 0 aliphatic carbocycles. The van der Waals surface area contributed by atoms with E-state index in [0.29, 0.717) is 18.9 Å². The number of aryl methyl sites for hydroxylation is 1. The van der Waals surface area contributed by atoms with Crippen LogP contribution in [0.3, 0.4) is 0 Å². The van der Waals surface area contributed by atoms with E-state index in [-0.39, 0.29) is 13.0 Å². The standard InChI is InChI=1S/C18H25F2N3/c1-13(2)10-23-17-14(3)6-4-7-15(17)16(21-23)11-22-9-5-8-18(19,20)12-22/h4,6-7,13H,5,8-12H2,1-3H3. The second-order valence-electron chi connectivity index (χ2n) is 7.16. The quantitative estimate of drug-likeness (QED) is 0.840. The molecular weight excluding hydrogens is 296 g/mol. The van der Waals surface area contributed by atoms with Crippen LogP contribution in [-0.4, -0.2) is 33.7 Å². The van der Waals surface area contributed by atoms with Gasteiger partial charge in [-0.15, -0.1) is 0 Å². The van der Waals surface area contributed by atoms with Gasteiger partial charge in [-0.25, -0.2) is 8.78 Å². The largest absolute Gasteiger partial charge is 0.291 e. The predicted octanol–water partition coefficient (Wildman–Crippen LogP) is 4.23. The molecule has 0 radical (unpaired) electrons. The van der Waals surface area contributed by atoms with Crippen LogP contribution in [0.5, 0.6) is 0 Å². The van der Waals surface area contributed by atoms with Gasteiger partial charge >= 0.3 is 0 Å². The van der Waals surface area contributed by atoms with Gasteiger partial charge < -0.3 is 0 Å². The van der Waals surface area contributed by atoms with Crippen molar-refractivity contribution in [2.24, 2.45) is 5.92 Å². The summed E-state index contributed by atoms with van der Waals surface area (Å²) >= 11 is 0. The molecular formula is C18H25F2N3. The smallest absolute Gasteiger partial charge is 0.260 e. The van der Waals surface area contributed by atoms with Crippen molar-refractivity contribution in [1.29, 1.82) is 0 Å². The molecule has 126 valence electrons. The third-order valence-electron chi connectivity index (χ3n) is 4.43. The van der Waals surface area contributed by atoms with Crippen molar-refractivity contribution < 1.29 is 8.78 Å². The highest BCUT2D eigenvalue weighted by Gasteiger charge is 2.35. The molecule has 0 unspecified atom stereocenters. The third-order valence-corrected chi connectivity index (χ3v) is 4.43. The van der Waals surface area contributed by atoms with Crippen LogP contribution in [0.25, 0.3) is 10.9 Å². The zero-order chi connectivity index (χ0) is 16.6. The lowest BCUT2D eigenvalue weighted by molar-refractivity contribution is -0.0663. The maximum Gasteiger partial charge on any atom is 0.260 e. The fourth-order valence-electron chi connectivity index (χ4n) is 3.47. The number of halogens is 2. The van der Waals surface area contributed by atoms with Crippen molar-refractivity contribution in [3.63, 3.8) is 0 Å². The van der Waals surface area contributed by atoms with Gasteiger partial charge in [-0.2, -0.15) is 5.10 Å². The number of hydrogen-bond acceptors (Lipinski definition) is 2. The molecule has 0 atom stereocenters. The maximum atomic E-state index is 13.6. The maximum absolute atomic E-state index is 13.6. The molecule has 1 aromatic carbocycles. The van der Waals surface area contributed by atoms with Crippen molar-refractivity contribution in [3.05, 3.63) is 29.5 Å². The van der Waals surface area contributed by atoms with Gasteiger partial charge in [-0.05, 0) is 31.4 Å². The van der Waals surface area contributed by atoms with Gasteiger partial charge in [0.25, 0.3) is 5.92 Å². The average Bonchev–Trinajstić information content (AvgIpc) is 2.76. The Balaban J connectivity index is 1.93. The molecule has 1 fully saturated rings.